The average Bonchev–Trinajstić information content (AvgIpc) is 2.33. The van der Waals surface area contributed by atoms with Crippen molar-refractivity contribution in [1.82, 2.24) is 0 Å². The van der Waals surface area contributed by atoms with E-state index >= 15 is 0 Å². The van der Waals surface area contributed by atoms with E-state index in [-0.39, 0.29) is 0 Å². The Morgan fingerprint density at radius 3 is 2.06 bits per heavy atom. The van der Waals surface area contributed by atoms with Gasteiger partial charge in [0, 0.05) is 0 Å². The highest BCUT2D eigenvalue weighted by atomic mass is 16.3. The van der Waals surface area contributed by atoms with E-state index in [1.54, 1.807) is 0 Å². The molecular weight excluding hydrogens is 224 g/mol. The summed E-state index contributed by atoms with van der Waals surface area (Å²) in [6.07, 6.45) is 0. The SMILES string of the molecule is Cc1cccc(N=Nc2cc(C)c(O)c(C)c2)c1. The molecule has 2 rings (SSSR count). The van der Waals surface area contributed by atoms with Crippen LogP contribution in [0.1, 0.15) is 16.7 Å². The lowest BCUT2D eigenvalue weighted by Gasteiger charge is -2.03. The number of aromatic hydroxyl groups is 1. The van der Waals surface area contributed by atoms with Crippen LogP contribution in [0.15, 0.2) is 46.6 Å². The van der Waals surface area contributed by atoms with E-state index in [0.29, 0.717) is 5.75 Å². The van der Waals surface area contributed by atoms with Crippen LogP contribution >= 0.6 is 0 Å². The number of hydrogen-bond donors (Lipinski definition) is 1. The van der Waals surface area contributed by atoms with Gasteiger partial charge >= 0.3 is 0 Å². The Kier molecular flexibility index (Phi) is 3.42. The second kappa shape index (κ2) is 5.00. The van der Waals surface area contributed by atoms with Gasteiger partial charge in [0.05, 0.1) is 11.4 Å². The molecule has 2 aromatic carbocycles. The molecule has 0 radical (unpaired) electrons. The topological polar surface area (TPSA) is 45.0 Å². The quantitative estimate of drug-likeness (QED) is 0.757. The summed E-state index contributed by atoms with van der Waals surface area (Å²) in [6.45, 7) is 5.73. The molecule has 0 amide bonds. The van der Waals surface area contributed by atoms with E-state index in [0.717, 1.165) is 28.1 Å². The Balaban J connectivity index is 2.29. The van der Waals surface area contributed by atoms with Gasteiger partial charge < -0.3 is 5.11 Å². The van der Waals surface area contributed by atoms with E-state index in [1.807, 2.05) is 57.2 Å². The van der Waals surface area contributed by atoms with Crippen LogP contribution in [0.5, 0.6) is 5.75 Å². The van der Waals surface area contributed by atoms with Crippen molar-refractivity contribution in [2.75, 3.05) is 0 Å². The molecule has 92 valence electrons. The molecule has 2 aromatic rings. The van der Waals surface area contributed by atoms with Gasteiger partial charge in [-0.2, -0.15) is 10.2 Å². The molecule has 0 atom stereocenters. The third-order valence-electron chi connectivity index (χ3n) is 2.76. The Morgan fingerprint density at radius 2 is 1.44 bits per heavy atom. The van der Waals surface area contributed by atoms with Crippen molar-refractivity contribution in [3.63, 3.8) is 0 Å². The smallest absolute Gasteiger partial charge is 0.121 e. The highest BCUT2D eigenvalue weighted by Gasteiger charge is 2.02. The van der Waals surface area contributed by atoms with Gasteiger partial charge in [-0.25, -0.2) is 0 Å². The van der Waals surface area contributed by atoms with Crippen molar-refractivity contribution >= 4 is 11.4 Å². The number of rotatable bonds is 2. The van der Waals surface area contributed by atoms with E-state index in [9.17, 15) is 5.11 Å². The third-order valence-corrected chi connectivity index (χ3v) is 2.76. The first-order chi connectivity index (χ1) is 8.56. The molecule has 0 aliphatic carbocycles. The van der Waals surface area contributed by atoms with Crippen molar-refractivity contribution in [3.8, 4) is 5.75 Å². The molecule has 0 aromatic heterocycles. The van der Waals surface area contributed by atoms with Gasteiger partial charge in [0.25, 0.3) is 0 Å². The highest BCUT2D eigenvalue weighted by molar-refractivity contribution is 5.51. The van der Waals surface area contributed by atoms with Gasteiger partial charge in [0.15, 0.2) is 0 Å². The van der Waals surface area contributed by atoms with E-state index < -0.39 is 0 Å². The summed E-state index contributed by atoms with van der Waals surface area (Å²) in [5, 5.41) is 18.1. The normalized spacial score (nSPS) is 11.1. The number of phenols is 1. The molecule has 0 aliphatic heterocycles. The number of nitrogens with zero attached hydrogens (tertiary/aromatic N) is 2. The standard InChI is InChI=1S/C15H16N2O/c1-10-5-4-6-13(7-10)16-17-14-8-11(2)15(18)12(3)9-14/h4-9,18H,1-3H3. The maximum Gasteiger partial charge on any atom is 0.121 e. The summed E-state index contributed by atoms with van der Waals surface area (Å²) in [5.74, 6) is 0.324. The molecule has 0 aliphatic rings. The molecular formula is C15H16N2O. The number of benzene rings is 2. The second-order valence-corrected chi connectivity index (χ2v) is 4.47. The Labute approximate surface area is 107 Å². The summed E-state index contributed by atoms with van der Waals surface area (Å²) in [4.78, 5) is 0. The van der Waals surface area contributed by atoms with Gasteiger partial charge in [0.2, 0.25) is 0 Å². The minimum Gasteiger partial charge on any atom is -0.507 e. The predicted molar refractivity (Wildman–Crippen MR) is 72.9 cm³/mol. The molecule has 0 spiro atoms. The lowest BCUT2D eigenvalue weighted by atomic mass is 10.1. The summed E-state index contributed by atoms with van der Waals surface area (Å²) >= 11 is 0. The Bertz CT molecular complexity index is 580. The van der Waals surface area contributed by atoms with E-state index in [2.05, 4.69) is 10.2 Å². The van der Waals surface area contributed by atoms with Crippen LogP contribution in [0.25, 0.3) is 0 Å². The predicted octanol–water partition coefficient (Wildman–Crippen LogP) is 4.73. The van der Waals surface area contributed by atoms with Crippen molar-refractivity contribution in [3.05, 3.63) is 53.1 Å². The molecule has 0 unspecified atom stereocenters. The number of aryl methyl sites for hydroxylation is 3. The molecule has 1 N–H and O–H groups in total. The largest absolute Gasteiger partial charge is 0.507 e. The van der Waals surface area contributed by atoms with Crippen LogP contribution in [0.3, 0.4) is 0 Å². The number of phenolic OH excluding ortho intramolecular Hbond substituents is 1. The fraction of sp³-hybridized carbons (Fsp3) is 0.200. The molecule has 3 heteroatoms. The van der Waals surface area contributed by atoms with Crippen LogP contribution in [-0.2, 0) is 0 Å². The fourth-order valence-electron chi connectivity index (χ4n) is 1.80. The first-order valence-corrected chi connectivity index (χ1v) is 5.85. The van der Waals surface area contributed by atoms with Crippen molar-refractivity contribution < 1.29 is 5.11 Å². The van der Waals surface area contributed by atoms with Gasteiger partial charge in [-0.3, -0.25) is 0 Å². The molecule has 3 nitrogen and oxygen atoms in total. The average molecular weight is 240 g/mol. The molecule has 0 heterocycles. The highest BCUT2D eigenvalue weighted by Crippen LogP contribution is 2.28. The first-order valence-electron chi connectivity index (χ1n) is 5.85. The summed E-state index contributed by atoms with van der Waals surface area (Å²) in [7, 11) is 0. The van der Waals surface area contributed by atoms with Gasteiger partial charge in [-0.1, -0.05) is 12.1 Å². The van der Waals surface area contributed by atoms with Crippen LogP contribution < -0.4 is 0 Å². The number of hydrogen-bond acceptors (Lipinski definition) is 3. The summed E-state index contributed by atoms with van der Waals surface area (Å²) < 4.78 is 0. The Hall–Kier alpha value is -2.16. The maximum atomic E-state index is 9.68. The van der Waals surface area contributed by atoms with Gasteiger partial charge in [-0.05, 0) is 61.7 Å². The summed E-state index contributed by atoms with van der Waals surface area (Å²) in [6, 6.07) is 11.5. The van der Waals surface area contributed by atoms with Crippen molar-refractivity contribution in [1.29, 1.82) is 0 Å². The maximum absolute atomic E-state index is 9.68. The molecule has 18 heavy (non-hydrogen) atoms. The minimum absolute atomic E-state index is 0.324. The second-order valence-electron chi connectivity index (χ2n) is 4.47. The monoisotopic (exact) mass is 240 g/mol. The Morgan fingerprint density at radius 1 is 0.833 bits per heavy atom. The molecule has 0 bridgehead atoms. The van der Waals surface area contributed by atoms with Crippen molar-refractivity contribution in [2.45, 2.75) is 20.8 Å². The minimum atomic E-state index is 0.324. The van der Waals surface area contributed by atoms with Crippen LogP contribution in [0, 0.1) is 20.8 Å². The molecule has 0 saturated carbocycles. The van der Waals surface area contributed by atoms with Gasteiger partial charge in [0.1, 0.15) is 5.75 Å². The number of azo groups is 1. The van der Waals surface area contributed by atoms with E-state index in [4.69, 9.17) is 0 Å². The van der Waals surface area contributed by atoms with Crippen LogP contribution in [0.4, 0.5) is 11.4 Å². The molecule has 0 fully saturated rings. The van der Waals surface area contributed by atoms with Crippen LogP contribution in [0.2, 0.25) is 0 Å². The first kappa shape index (κ1) is 12.3. The molecule has 0 saturated heterocycles. The van der Waals surface area contributed by atoms with Crippen LogP contribution in [-0.4, -0.2) is 5.11 Å². The lowest BCUT2D eigenvalue weighted by molar-refractivity contribution is 0.467. The zero-order chi connectivity index (χ0) is 13.1. The zero-order valence-electron chi connectivity index (χ0n) is 10.8. The third kappa shape index (κ3) is 2.74. The lowest BCUT2D eigenvalue weighted by Crippen LogP contribution is -1.79. The van der Waals surface area contributed by atoms with E-state index in [1.165, 1.54) is 0 Å². The van der Waals surface area contributed by atoms with Gasteiger partial charge in [-0.15, -0.1) is 0 Å². The summed E-state index contributed by atoms with van der Waals surface area (Å²) in [5.41, 5.74) is 4.37. The van der Waals surface area contributed by atoms with Crippen molar-refractivity contribution in [2.24, 2.45) is 10.2 Å². The fourth-order valence-corrected chi connectivity index (χ4v) is 1.80. The zero-order valence-corrected chi connectivity index (χ0v) is 10.8.